The standard InChI is InChI=1S/C12H24N2O/c1-5-13-12(3,4)11(15)14-8-6-10(2)7-9-14/h10,13H,5-9H2,1-4H3. The van der Waals surface area contributed by atoms with Crippen LogP contribution >= 0.6 is 0 Å². The third-order valence-electron chi connectivity index (χ3n) is 3.22. The molecule has 0 aromatic rings. The van der Waals surface area contributed by atoms with Crippen LogP contribution in [0.4, 0.5) is 0 Å². The number of carbonyl (C=O) groups excluding carboxylic acids is 1. The van der Waals surface area contributed by atoms with E-state index >= 15 is 0 Å². The molecule has 1 N–H and O–H groups in total. The molecule has 1 aliphatic heterocycles. The number of likely N-dealkylation sites (tertiary alicyclic amines) is 1. The number of nitrogens with zero attached hydrogens (tertiary/aromatic N) is 1. The molecule has 1 fully saturated rings. The fraction of sp³-hybridized carbons (Fsp3) is 0.917. The van der Waals surface area contributed by atoms with Gasteiger partial charge in [-0.1, -0.05) is 13.8 Å². The predicted molar refractivity (Wildman–Crippen MR) is 62.7 cm³/mol. The highest BCUT2D eigenvalue weighted by Crippen LogP contribution is 2.19. The van der Waals surface area contributed by atoms with Crippen molar-refractivity contribution in [1.29, 1.82) is 0 Å². The minimum absolute atomic E-state index is 0.247. The molecule has 3 nitrogen and oxygen atoms in total. The van der Waals surface area contributed by atoms with Crippen LogP contribution in [-0.4, -0.2) is 36.0 Å². The molecule has 0 aliphatic carbocycles. The van der Waals surface area contributed by atoms with Crippen molar-refractivity contribution in [3.8, 4) is 0 Å². The second-order valence-electron chi connectivity index (χ2n) is 5.13. The summed E-state index contributed by atoms with van der Waals surface area (Å²) in [5, 5.41) is 3.24. The van der Waals surface area contributed by atoms with Crippen molar-refractivity contribution in [2.24, 2.45) is 5.92 Å². The second-order valence-corrected chi connectivity index (χ2v) is 5.13. The van der Waals surface area contributed by atoms with E-state index in [2.05, 4.69) is 12.2 Å². The molecule has 1 amide bonds. The molecule has 1 heterocycles. The van der Waals surface area contributed by atoms with Crippen molar-refractivity contribution >= 4 is 5.91 Å². The number of carbonyl (C=O) groups is 1. The van der Waals surface area contributed by atoms with Gasteiger partial charge in [0.2, 0.25) is 5.91 Å². The van der Waals surface area contributed by atoms with Crippen molar-refractivity contribution in [3.05, 3.63) is 0 Å². The number of nitrogens with one attached hydrogen (secondary N) is 1. The second kappa shape index (κ2) is 4.97. The number of hydrogen-bond donors (Lipinski definition) is 1. The van der Waals surface area contributed by atoms with Gasteiger partial charge in [-0.3, -0.25) is 4.79 Å². The van der Waals surface area contributed by atoms with E-state index in [1.165, 1.54) is 0 Å². The van der Waals surface area contributed by atoms with Gasteiger partial charge in [0.1, 0.15) is 0 Å². The van der Waals surface area contributed by atoms with Crippen LogP contribution in [0.25, 0.3) is 0 Å². The molecule has 0 spiro atoms. The fourth-order valence-electron chi connectivity index (χ4n) is 2.12. The zero-order valence-corrected chi connectivity index (χ0v) is 10.5. The SMILES string of the molecule is CCNC(C)(C)C(=O)N1CCC(C)CC1. The molecule has 0 radical (unpaired) electrons. The van der Waals surface area contributed by atoms with Crippen molar-refractivity contribution in [1.82, 2.24) is 10.2 Å². The van der Waals surface area contributed by atoms with Gasteiger partial charge in [-0.25, -0.2) is 0 Å². The Morgan fingerprint density at radius 3 is 2.40 bits per heavy atom. The van der Waals surface area contributed by atoms with Crippen molar-refractivity contribution in [2.45, 2.75) is 46.1 Å². The average Bonchev–Trinajstić information content (AvgIpc) is 2.18. The zero-order valence-electron chi connectivity index (χ0n) is 10.5. The van der Waals surface area contributed by atoms with Gasteiger partial charge in [-0.05, 0) is 39.2 Å². The first-order valence-corrected chi connectivity index (χ1v) is 6.01. The number of amides is 1. The summed E-state index contributed by atoms with van der Waals surface area (Å²) in [7, 11) is 0. The Labute approximate surface area is 93.2 Å². The van der Waals surface area contributed by atoms with Gasteiger partial charge < -0.3 is 10.2 Å². The third-order valence-corrected chi connectivity index (χ3v) is 3.22. The lowest BCUT2D eigenvalue weighted by molar-refractivity contribution is -0.138. The molecule has 1 saturated heterocycles. The monoisotopic (exact) mass is 212 g/mol. The quantitative estimate of drug-likeness (QED) is 0.771. The maximum absolute atomic E-state index is 12.2. The van der Waals surface area contributed by atoms with Crippen molar-refractivity contribution < 1.29 is 4.79 Å². The highest BCUT2D eigenvalue weighted by atomic mass is 16.2. The fourth-order valence-corrected chi connectivity index (χ4v) is 2.12. The molecule has 1 aliphatic rings. The van der Waals surface area contributed by atoms with E-state index in [-0.39, 0.29) is 5.91 Å². The number of rotatable bonds is 3. The van der Waals surface area contributed by atoms with Crippen LogP contribution in [-0.2, 0) is 4.79 Å². The van der Waals surface area contributed by atoms with Crippen LogP contribution < -0.4 is 5.32 Å². The summed E-state index contributed by atoms with van der Waals surface area (Å²) in [6.45, 7) is 10.9. The molecular formula is C12H24N2O. The van der Waals surface area contributed by atoms with E-state index in [0.29, 0.717) is 0 Å². The van der Waals surface area contributed by atoms with E-state index in [9.17, 15) is 4.79 Å². The Morgan fingerprint density at radius 2 is 1.93 bits per heavy atom. The van der Waals surface area contributed by atoms with Gasteiger partial charge in [0, 0.05) is 13.1 Å². The van der Waals surface area contributed by atoms with Crippen LogP contribution in [0.2, 0.25) is 0 Å². The minimum atomic E-state index is -0.407. The molecule has 0 atom stereocenters. The molecule has 0 aromatic carbocycles. The Morgan fingerprint density at radius 1 is 1.40 bits per heavy atom. The topological polar surface area (TPSA) is 32.3 Å². The van der Waals surface area contributed by atoms with Gasteiger partial charge in [-0.2, -0.15) is 0 Å². The normalized spacial score (nSPS) is 19.3. The molecule has 0 unspecified atom stereocenters. The van der Waals surface area contributed by atoms with Crippen LogP contribution in [0.3, 0.4) is 0 Å². The highest BCUT2D eigenvalue weighted by Gasteiger charge is 2.32. The summed E-state index contributed by atoms with van der Waals surface area (Å²) in [5.74, 6) is 1.02. The zero-order chi connectivity index (χ0) is 11.5. The van der Waals surface area contributed by atoms with Crippen LogP contribution in [0, 0.1) is 5.92 Å². The van der Waals surface area contributed by atoms with Crippen LogP contribution in [0.1, 0.15) is 40.5 Å². The maximum Gasteiger partial charge on any atom is 0.242 e. The molecule has 0 bridgehead atoms. The molecule has 0 aromatic heterocycles. The van der Waals surface area contributed by atoms with Crippen molar-refractivity contribution in [3.63, 3.8) is 0 Å². The summed E-state index contributed by atoms with van der Waals surface area (Å²) < 4.78 is 0. The van der Waals surface area contributed by atoms with Gasteiger partial charge in [0.15, 0.2) is 0 Å². The van der Waals surface area contributed by atoms with Gasteiger partial charge in [0.25, 0.3) is 0 Å². The first-order valence-electron chi connectivity index (χ1n) is 6.01. The molecular weight excluding hydrogens is 188 g/mol. The largest absolute Gasteiger partial charge is 0.341 e. The smallest absolute Gasteiger partial charge is 0.242 e. The maximum atomic E-state index is 12.2. The summed E-state index contributed by atoms with van der Waals surface area (Å²) in [4.78, 5) is 14.2. The summed E-state index contributed by atoms with van der Waals surface area (Å²) >= 11 is 0. The lowest BCUT2D eigenvalue weighted by Crippen LogP contribution is -2.55. The third kappa shape index (κ3) is 3.20. The average molecular weight is 212 g/mol. The Hall–Kier alpha value is -0.570. The highest BCUT2D eigenvalue weighted by molar-refractivity contribution is 5.85. The van der Waals surface area contributed by atoms with E-state index in [1.54, 1.807) is 0 Å². The lowest BCUT2D eigenvalue weighted by Gasteiger charge is -2.36. The Kier molecular flexibility index (Phi) is 4.14. The first kappa shape index (κ1) is 12.5. The molecule has 15 heavy (non-hydrogen) atoms. The van der Waals surface area contributed by atoms with Gasteiger partial charge in [-0.15, -0.1) is 0 Å². The summed E-state index contributed by atoms with van der Waals surface area (Å²) in [5.41, 5.74) is -0.407. The number of piperidine rings is 1. The van der Waals surface area contributed by atoms with E-state index < -0.39 is 5.54 Å². The number of likely N-dealkylation sites (N-methyl/N-ethyl adjacent to an activating group) is 1. The summed E-state index contributed by atoms with van der Waals surface area (Å²) in [6.07, 6.45) is 2.29. The summed E-state index contributed by atoms with van der Waals surface area (Å²) in [6, 6.07) is 0. The van der Waals surface area contributed by atoms with Crippen LogP contribution in [0.15, 0.2) is 0 Å². The minimum Gasteiger partial charge on any atom is -0.341 e. The predicted octanol–water partition coefficient (Wildman–Crippen LogP) is 1.63. The van der Waals surface area contributed by atoms with Crippen LogP contribution in [0.5, 0.6) is 0 Å². The molecule has 3 heteroatoms. The van der Waals surface area contributed by atoms with E-state index in [1.807, 2.05) is 25.7 Å². The van der Waals surface area contributed by atoms with E-state index in [0.717, 1.165) is 38.4 Å². The number of hydrogen-bond acceptors (Lipinski definition) is 2. The van der Waals surface area contributed by atoms with Gasteiger partial charge in [0.05, 0.1) is 5.54 Å². The first-order chi connectivity index (χ1) is 6.97. The molecule has 0 saturated carbocycles. The van der Waals surface area contributed by atoms with Crippen molar-refractivity contribution in [2.75, 3.05) is 19.6 Å². The molecule has 1 rings (SSSR count). The van der Waals surface area contributed by atoms with E-state index in [4.69, 9.17) is 0 Å². The molecule has 88 valence electrons. The lowest BCUT2D eigenvalue weighted by atomic mass is 9.96. The van der Waals surface area contributed by atoms with Gasteiger partial charge >= 0.3 is 0 Å². The Balaban J connectivity index is 2.53. The Bertz CT molecular complexity index is 218.